The van der Waals surface area contributed by atoms with Crippen molar-refractivity contribution in [3.63, 3.8) is 0 Å². The van der Waals surface area contributed by atoms with E-state index in [-0.39, 0.29) is 12.6 Å². The number of nitrogens with two attached hydrogens (primary N) is 1. The second kappa shape index (κ2) is 8.49. The van der Waals surface area contributed by atoms with Crippen LogP contribution in [-0.4, -0.2) is 37.5 Å². The Labute approximate surface area is 173 Å². The van der Waals surface area contributed by atoms with Crippen molar-refractivity contribution in [2.45, 2.75) is 38.4 Å². The van der Waals surface area contributed by atoms with E-state index in [1.807, 2.05) is 0 Å². The van der Waals surface area contributed by atoms with E-state index in [1.165, 1.54) is 0 Å². The molecule has 0 unspecified atom stereocenters. The molecule has 1 aliphatic carbocycles. The number of rotatable bonds is 7. The van der Waals surface area contributed by atoms with Crippen LogP contribution in [0.5, 0.6) is 17.5 Å². The molecule has 154 valence electrons. The van der Waals surface area contributed by atoms with Crippen LogP contribution >= 0.6 is 0 Å². The molecule has 1 atom stereocenters. The van der Waals surface area contributed by atoms with Crippen molar-refractivity contribution in [1.29, 1.82) is 5.26 Å². The van der Waals surface area contributed by atoms with Gasteiger partial charge in [-0.1, -0.05) is 0 Å². The molecule has 30 heavy (non-hydrogen) atoms. The Kier molecular flexibility index (Phi) is 5.61. The Balaban J connectivity index is 1.66. The summed E-state index contributed by atoms with van der Waals surface area (Å²) in [7, 11) is 0. The van der Waals surface area contributed by atoms with Crippen LogP contribution < -0.4 is 15.2 Å². The van der Waals surface area contributed by atoms with E-state index in [9.17, 15) is 10.4 Å². The first-order valence-corrected chi connectivity index (χ1v) is 9.73. The van der Waals surface area contributed by atoms with Gasteiger partial charge in [0.15, 0.2) is 5.75 Å². The molecule has 1 aliphatic rings. The molecule has 0 bridgehead atoms. The fraction of sp³-hybridized carbons (Fsp3) is 0.333. The molecule has 1 saturated carbocycles. The molecule has 9 heteroatoms. The van der Waals surface area contributed by atoms with E-state index < -0.39 is 6.10 Å². The van der Waals surface area contributed by atoms with Crippen molar-refractivity contribution in [3.05, 3.63) is 53.6 Å². The van der Waals surface area contributed by atoms with Gasteiger partial charge in [0.2, 0.25) is 11.8 Å². The van der Waals surface area contributed by atoms with E-state index in [2.05, 4.69) is 21.1 Å². The second-order valence-corrected chi connectivity index (χ2v) is 7.13. The SMILES string of the molecule is Cc1nc(Oc2cc(C#N)ccc2-n2cc([C@@H](O)CN)cn2)cc(OC2CCC2)n1. The number of hydrogen-bond acceptors (Lipinski definition) is 8. The summed E-state index contributed by atoms with van der Waals surface area (Å²) in [5, 5.41) is 23.5. The number of benzene rings is 1. The van der Waals surface area contributed by atoms with E-state index in [4.69, 9.17) is 15.2 Å². The maximum Gasteiger partial charge on any atom is 0.226 e. The lowest BCUT2D eigenvalue weighted by Gasteiger charge is -2.25. The minimum Gasteiger partial charge on any atom is -0.474 e. The highest BCUT2D eigenvalue weighted by atomic mass is 16.5. The maximum atomic E-state index is 9.95. The van der Waals surface area contributed by atoms with Crippen LogP contribution in [0.2, 0.25) is 0 Å². The number of aliphatic hydroxyl groups is 1. The van der Waals surface area contributed by atoms with Gasteiger partial charge < -0.3 is 20.3 Å². The van der Waals surface area contributed by atoms with Gasteiger partial charge in [-0.15, -0.1) is 0 Å². The zero-order chi connectivity index (χ0) is 21.1. The summed E-state index contributed by atoms with van der Waals surface area (Å²) in [4.78, 5) is 8.66. The minimum absolute atomic E-state index is 0.0897. The average Bonchev–Trinajstić information content (AvgIpc) is 3.19. The van der Waals surface area contributed by atoms with E-state index in [0.29, 0.717) is 40.1 Å². The topological polar surface area (TPSA) is 132 Å². The van der Waals surface area contributed by atoms with Crippen LogP contribution in [0.1, 0.15) is 42.3 Å². The lowest BCUT2D eigenvalue weighted by molar-refractivity contribution is 0.114. The maximum absolute atomic E-state index is 9.95. The number of aryl methyl sites for hydroxylation is 1. The zero-order valence-corrected chi connectivity index (χ0v) is 16.5. The van der Waals surface area contributed by atoms with Crippen LogP contribution in [-0.2, 0) is 0 Å². The second-order valence-electron chi connectivity index (χ2n) is 7.13. The highest BCUT2D eigenvalue weighted by Gasteiger charge is 2.21. The Hall–Kier alpha value is -3.48. The Morgan fingerprint density at radius 2 is 2.10 bits per heavy atom. The van der Waals surface area contributed by atoms with Crippen molar-refractivity contribution in [2.24, 2.45) is 5.73 Å². The molecule has 3 aromatic rings. The molecule has 1 fully saturated rings. The summed E-state index contributed by atoms with van der Waals surface area (Å²) in [6.07, 6.45) is 5.78. The molecule has 1 aromatic carbocycles. The van der Waals surface area contributed by atoms with Gasteiger partial charge in [0.25, 0.3) is 0 Å². The first-order valence-electron chi connectivity index (χ1n) is 9.73. The number of nitriles is 1. The number of nitrogens with zero attached hydrogens (tertiary/aromatic N) is 5. The zero-order valence-electron chi connectivity index (χ0n) is 16.5. The van der Waals surface area contributed by atoms with Crippen molar-refractivity contribution in [2.75, 3.05) is 6.54 Å². The van der Waals surface area contributed by atoms with Gasteiger partial charge in [-0.3, -0.25) is 0 Å². The van der Waals surface area contributed by atoms with Gasteiger partial charge in [0, 0.05) is 24.4 Å². The lowest BCUT2D eigenvalue weighted by Crippen LogP contribution is -2.25. The molecular weight excluding hydrogens is 384 g/mol. The van der Waals surface area contributed by atoms with Crippen molar-refractivity contribution >= 4 is 0 Å². The third-order valence-corrected chi connectivity index (χ3v) is 4.89. The molecule has 0 aliphatic heterocycles. The molecule has 4 rings (SSSR count). The molecule has 9 nitrogen and oxygen atoms in total. The van der Waals surface area contributed by atoms with Crippen molar-refractivity contribution < 1.29 is 14.6 Å². The summed E-state index contributed by atoms with van der Waals surface area (Å²) >= 11 is 0. The van der Waals surface area contributed by atoms with Gasteiger partial charge in [-0.2, -0.15) is 20.3 Å². The number of ether oxygens (including phenoxy) is 2. The molecule has 0 spiro atoms. The van der Waals surface area contributed by atoms with Crippen molar-refractivity contribution in [3.8, 4) is 29.3 Å². The number of aliphatic hydroxyl groups excluding tert-OH is 1. The predicted molar refractivity (Wildman–Crippen MR) is 107 cm³/mol. The third kappa shape index (κ3) is 4.25. The van der Waals surface area contributed by atoms with Crippen LogP contribution in [0.4, 0.5) is 0 Å². The van der Waals surface area contributed by atoms with E-state index >= 15 is 0 Å². The lowest BCUT2D eigenvalue weighted by atomic mass is 9.96. The molecule has 3 N–H and O–H groups in total. The largest absolute Gasteiger partial charge is 0.474 e. The monoisotopic (exact) mass is 406 g/mol. The average molecular weight is 406 g/mol. The van der Waals surface area contributed by atoms with Gasteiger partial charge >= 0.3 is 0 Å². The Bertz CT molecular complexity index is 1090. The standard InChI is InChI=1S/C21H22N6O3/c1-13-25-20(29-16-3-2-4-16)8-21(26-13)30-19-7-14(9-22)5-6-17(19)27-12-15(11-24-27)18(28)10-23/h5-8,11-12,16,18,28H,2-4,10,23H2,1H3/t18-/m0/s1. The van der Waals surface area contributed by atoms with Crippen molar-refractivity contribution in [1.82, 2.24) is 19.7 Å². The fourth-order valence-electron chi connectivity index (χ4n) is 3.03. The minimum atomic E-state index is -0.808. The predicted octanol–water partition coefficient (Wildman–Crippen LogP) is 2.56. The summed E-state index contributed by atoms with van der Waals surface area (Å²) in [6, 6.07) is 8.74. The van der Waals surface area contributed by atoms with Crippen LogP contribution in [0, 0.1) is 18.3 Å². The number of aromatic nitrogens is 4. The highest BCUT2D eigenvalue weighted by Crippen LogP contribution is 2.31. The molecular formula is C21H22N6O3. The first kappa shape index (κ1) is 19.8. The quantitative estimate of drug-likeness (QED) is 0.612. The Morgan fingerprint density at radius 1 is 1.30 bits per heavy atom. The van der Waals surface area contributed by atoms with Crippen LogP contribution in [0.15, 0.2) is 36.7 Å². The summed E-state index contributed by atoms with van der Waals surface area (Å²) in [5.41, 5.74) is 7.13. The van der Waals surface area contributed by atoms with Crippen LogP contribution in [0.25, 0.3) is 5.69 Å². The van der Waals surface area contributed by atoms with Gasteiger partial charge in [-0.05, 0) is 38.3 Å². The van der Waals surface area contributed by atoms with Gasteiger partial charge in [0.1, 0.15) is 17.6 Å². The highest BCUT2D eigenvalue weighted by molar-refractivity contribution is 5.52. The van der Waals surface area contributed by atoms with E-state index in [0.717, 1.165) is 19.3 Å². The van der Waals surface area contributed by atoms with Crippen LogP contribution in [0.3, 0.4) is 0 Å². The summed E-state index contributed by atoms with van der Waals surface area (Å²) in [5.74, 6) is 1.68. The van der Waals surface area contributed by atoms with Gasteiger partial charge in [0.05, 0.1) is 30.0 Å². The number of hydrogen-bond donors (Lipinski definition) is 2. The molecule has 0 radical (unpaired) electrons. The molecule has 2 aromatic heterocycles. The first-order chi connectivity index (χ1) is 14.6. The smallest absolute Gasteiger partial charge is 0.226 e. The van der Waals surface area contributed by atoms with E-state index in [1.54, 1.807) is 48.3 Å². The molecule has 0 saturated heterocycles. The molecule has 2 heterocycles. The normalized spacial score (nSPS) is 14.6. The third-order valence-electron chi connectivity index (χ3n) is 4.89. The summed E-state index contributed by atoms with van der Waals surface area (Å²) in [6.45, 7) is 1.85. The summed E-state index contributed by atoms with van der Waals surface area (Å²) < 4.78 is 13.5. The van der Waals surface area contributed by atoms with Gasteiger partial charge in [-0.25, -0.2) is 4.68 Å². The molecule has 0 amide bonds. The fourth-order valence-corrected chi connectivity index (χ4v) is 3.03. The Morgan fingerprint density at radius 3 is 2.80 bits per heavy atom.